The maximum atomic E-state index is 6.34. The van der Waals surface area contributed by atoms with E-state index in [9.17, 15) is 0 Å². The fraction of sp³-hybridized carbons (Fsp3) is 0.400. The second-order valence-corrected chi connectivity index (χ2v) is 15.5. The fourth-order valence-electron chi connectivity index (χ4n) is 3.67. The Morgan fingerprint density at radius 3 is 2.67 bits per heavy atom. The Kier molecular flexibility index (Phi) is 7.56. The molecule has 8 heteroatoms. The molecule has 0 aliphatic carbocycles. The molecule has 33 heavy (non-hydrogen) atoms. The van der Waals surface area contributed by atoms with E-state index in [4.69, 9.17) is 36.5 Å². The highest BCUT2D eigenvalue weighted by atomic mass is 35.5. The van der Waals surface area contributed by atoms with E-state index in [0.717, 1.165) is 58.9 Å². The average molecular weight is 486 g/mol. The van der Waals surface area contributed by atoms with Crippen molar-refractivity contribution < 1.29 is 14.2 Å². The first-order valence-electron chi connectivity index (χ1n) is 11.4. The SMILES string of the molecule is C[Si](C)(C)CCOCC(OCCCN)c1nc2c([nH]1)-c1ccccc1Oc1ccc(Cl)cc1-2. The predicted molar refractivity (Wildman–Crippen MR) is 136 cm³/mol. The molecule has 0 radical (unpaired) electrons. The van der Waals surface area contributed by atoms with Crippen LogP contribution in [0, 0.1) is 0 Å². The topological polar surface area (TPSA) is 82.4 Å². The minimum atomic E-state index is -1.17. The lowest BCUT2D eigenvalue weighted by atomic mass is 10.1. The summed E-state index contributed by atoms with van der Waals surface area (Å²) in [5.74, 6) is 2.21. The van der Waals surface area contributed by atoms with Gasteiger partial charge in [0, 0.05) is 37.4 Å². The normalized spacial score (nSPS) is 13.5. The van der Waals surface area contributed by atoms with Gasteiger partial charge < -0.3 is 24.9 Å². The van der Waals surface area contributed by atoms with Crippen LogP contribution in [-0.2, 0) is 9.47 Å². The van der Waals surface area contributed by atoms with Gasteiger partial charge in [0.15, 0.2) is 0 Å². The number of hydrogen-bond donors (Lipinski definition) is 2. The number of ether oxygens (including phenoxy) is 3. The number of imidazole rings is 1. The molecule has 176 valence electrons. The summed E-state index contributed by atoms with van der Waals surface area (Å²) < 4.78 is 18.4. The van der Waals surface area contributed by atoms with E-state index in [1.54, 1.807) is 0 Å². The van der Waals surface area contributed by atoms with Gasteiger partial charge in [-0.25, -0.2) is 4.98 Å². The third kappa shape index (κ3) is 5.86. The van der Waals surface area contributed by atoms with Crippen LogP contribution in [-0.4, -0.2) is 44.4 Å². The second kappa shape index (κ2) is 10.4. The van der Waals surface area contributed by atoms with E-state index < -0.39 is 8.07 Å². The zero-order chi connectivity index (χ0) is 23.4. The Morgan fingerprint density at radius 1 is 1.09 bits per heavy atom. The summed E-state index contributed by atoms with van der Waals surface area (Å²) in [5, 5.41) is 0.629. The molecule has 1 unspecified atom stereocenters. The number of rotatable bonds is 10. The third-order valence-electron chi connectivity index (χ3n) is 5.53. The molecule has 0 saturated carbocycles. The lowest BCUT2D eigenvalue weighted by Gasteiger charge is -2.19. The number of para-hydroxylation sites is 1. The molecule has 3 N–H and O–H groups in total. The first-order chi connectivity index (χ1) is 15.9. The molecular weight excluding hydrogens is 454 g/mol. The van der Waals surface area contributed by atoms with Crippen LogP contribution in [0.1, 0.15) is 18.3 Å². The van der Waals surface area contributed by atoms with E-state index in [1.807, 2.05) is 42.5 Å². The van der Waals surface area contributed by atoms with Gasteiger partial charge in [-0.05, 0) is 49.3 Å². The van der Waals surface area contributed by atoms with Crippen LogP contribution in [0.3, 0.4) is 0 Å². The number of fused-ring (bicyclic) bond motifs is 5. The average Bonchev–Trinajstić information content (AvgIpc) is 3.16. The first-order valence-corrected chi connectivity index (χ1v) is 15.5. The zero-order valence-corrected chi connectivity index (χ0v) is 21.2. The number of H-pyrrole nitrogens is 1. The van der Waals surface area contributed by atoms with Crippen molar-refractivity contribution in [3.05, 3.63) is 53.3 Å². The smallest absolute Gasteiger partial charge is 0.138 e. The van der Waals surface area contributed by atoms with Crippen molar-refractivity contribution >= 4 is 19.7 Å². The highest BCUT2D eigenvalue weighted by molar-refractivity contribution is 6.76. The minimum absolute atomic E-state index is 0.319. The second-order valence-electron chi connectivity index (χ2n) is 9.47. The summed E-state index contributed by atoms with van der Waals surface area (Å²) in [6.07, 6.45) is 0.460. The molecule has 1 aliphatic heterocycles. The summed E-state index contributed by atoms with van der Waals surface area (Å²) in [6.45, 7) is 9.32. The molecule has 0 amide bonds. The van der Waals surface area contributed by atoms with E-state index in [0.29, 0.717) is 24.8 Å². The standard InChI is InChI=1S/C25H32ClN3O3Si/c1-33(2,3)14-13-30-16-22(31-12-6-11-27)25-28-23-18-7-4-5-8-20(18)32-21-10-9-17(26)15-19(21)24(23)29-25/h4-5,7-10,15,22H,6,11-14,16,27H2,1-3H3,(H,28,29). The summed E-state index contributed by atoms with van der Waals surface area (Å²) in [4.78, 5) is 8.49. The number of halogens is 1. The summed E-state index contributed by atoms with van der Waals surface area (Å²) in [6, 6.07) is 14.6. The van der Waals surface area contributed by atoms with Crippen LogP contribution in [0.2, 0.25) is 30.7 Å². The van der Waals surface area contributed by atoms with E-state index in [-0.39, 0.29) is 6.10 Å². The lowest BCUT2D eigenvalue weighted by molar-refractivity contribution is -0.0195. The van der Waals surface area contributed by atoms with Gasteiger partial charge in [-0.15, -0.1) is 0 Å². The van der Waals surface area contributed by atoms with Gasteiger partial charge in [-0.2, -0.15) is 0 Å². The van der Waals surface area contributed by atoms with Gasteiger partial charge in [0.25, 0.3) is 0 Å². The number of benzene rings is 2. The van der Waals surface area contributed by atoms with Crippen molar-refractivity contribution in [2.45, 2.75) is 38.2 Å². The van der Waals surface area contributed by atoms with E-state index in [2.05, 4.69) is 24.6 Å². The van der Waals surface area contributed by atoms with Crippen molar-refractivity contribution in [2.24, 2.45) is 5.73 Å². The Bertz CT molecular complexity index is 1100. The Labute approximate surface area is 201 Å². The summed E-state index contributed by atoms with van der Waals surface area (Å²) in [5.41, 5.74) is 9.15. The molecule has 1 aliphatic rings. The minimum Gasteiger partial charge on any atom is -0.456 e. The van der Waals surface area contributed by atoms with E-state index in [1.165, 1.54) is 0 Å². The largest absolute Gasteiger partial charge is 0.456 e. The third-order valence-corrected chi connectivity index (χ3v) is 7.47. The van der Waals surface area contributed by atoms with Gasteiger partial charge >= 0.3 is 0 Å². The van der Waals surface area contributed by atoms with Gasteiger partial charge in [0.05, 0.1) is 12.3 Å². The molecule has 0 bridgehead atoms. The summed E-state index contributed by atoms with van der Waals surface area (Å²) in [7, 11) is -1.17. The van der Waals surface area contributed by atoms with Crippen LogP contribution in [0.15, 0.2) is 42.5 Å². The molecule has 1 atom stereocenters. The number of aromatic nitrogens is 2. The van der Waals surface area contributed by atoms with Crippen molar-refractivity contribution in [1.29, 1.82) is 0 Å². The van der Waals surface area contributed by atoms with Crippen LogP contribution < -0.4 is 10.5 Å². The molecular formula is C25H32ClN3O3Si. The molecule has 6 nitrogen and oxygen atoms in total. The Hall–Kier alpha value is -2.16. The zero-order valence-electron chi connectivity index (χ0n) is 19.5. The van der Waals surface area contributed by atoms with Crippen LogP contribution in [0.25, 0.3) is 22.5 Å². The van der Waals surface area contributed by atoms with Gasteiger partial charge in [0.2, 0.25) is 0 Å². The first kappa shape index (κ1) is 24.0. The number of nitrogens with zero attached hydrogens (tertiary/aromatic N) is 1. The highest BCUT2D eigenvalue weighted by Crippen LogP contribution is 2.46. The molecule has 2 aromatic carbocycles. The number of nitrogens with one attached hydrogen (secondary N) is 1. The van der Waals surface area contributed by atoms with E-state index >= 15 is 0 Å². The van der Waals surface area contributed by atoms with Crippen molar-refractivity contribution in [2.75, 3.05) is 26.4 Å². The molecule has 0 saturated heterocycles. The van der Waals surface area contributed by atoms with Crippen LogP contribution in [0.5, 0.6) is 11.5 Å². The quantitative estimate of drug-likeness (QED) is 0.204. The predicted octanol–water partition coefficient (Wildman–Crippen LogP) is 6.26. The lowest BCUT2D eigenvalue weighted by Crippen LogP contribution is -2.23. The van der Waals surface area contributed by atoms with Gasteiger partial charge in [0.1, 0.15) is 29.1 Å². The molecule has 0 fully saturated rings. The molecule has 3 aromatic rings. The number of hydrogen-bond acceptors (Lipinski definition) is 5. The Balaban J connectivity index is 1.68. The van der Waals surface area contributed by atoms with Crippen molar-refractivity contribution in [1.82, 2.24) is 9.97 Å². The van der Waals surface area contributed by atoms with Crippen LogP contribution in [0.4, 0.5) is 0 Å². The molecule has 0 spiro atoms. The Morgan fingerprint density at radius 2 is 1.88 bits per heavy atom. The molecule has 4 rings (SSSR count). The fourth-order valence-corrected chi connectivity index (χ4v) is 4.60. The number of nitrogens with two attached hydrogens (primary N) is 1. The van der Waals surface area contributed by atoms with Gasteiger partial charge in [-0.1, -0.05) is 43.4 Å². The van der Waals surface area contributed by atoms with Crippen molar-refractivity contribution in [3.63, 3.8) is 0 Å². The van der Waals surface area contributed by atoms with Crippen LogP contribution >= 0.6 is 11.6 Å². The maximum absolute atomic E-state index is 6.34. The van der Waals surface area contributed by atoms with Crippen molar-refractivity contribution in [3.8, 4) is 34.0 Å². The van der Waals surface area contributed by atoms with Gasteiger partial charge in [-0.3, -0.25) is 0 Å². The molecule has 2 heterocycles. The molecule has 1 aromatic heterocycles. The highest BCUT2D eigenvalue weighted by Gasteiger charge is 2.27. The summed E-state index contributed by atoms with van der Waals surface area (Å²) >= 11 is 6.34. The number of aromatic amines is 1. The monoisotopic (exact) mass is 485 g/mol. The maximum Gasteiger partial charge on any atom is 0.138 e.